The molecule has 1 unspecified atom stereocenters. The summed E-state index contributed by atoms with van der Waals surface area (Å²) < 4.78 is 0. The second-order valence-corrected chi connectivity index (χ2v) is 8.50. The SMILES string of the molecule is CCCC[C@@H]1C[C@@H]1C(NC(=O)Cc1ccccc1)c1ccc(-c2ccccc2)cc1. The third-order valence-electron chi connectivity index (χ3n) is 6.23. The van der Waals surface area contributed by atoms with E-state index in [4.69, 9.17) is 0 Å². The molecule has 2 heteroatoms. The number of amides is 1. The predicted molar refractivity (Wildman–Crippen MR) is 124 cm³/mol. The molecule has 0 bridgehead atoms. The minimum atomic E-state index is 0.105. The van der Waals surface area contributed by atoms with Gasteiger partial charge in [0.05, 0.1) is 12.5 Å². The molecule has 0 spiro atoms. The minimum absolute atomic E-state index is 0.105. The average molecular weight is 398 g/mol. The van der Waals surface area contributed by atoms with Crippen LogP contribution in [0.5, 0.6) is 0 Å². The molecule has 3 aromatic carbocycles. The van der Waals surface area contributed by atoms with Crippen molar-refractivity contribution in [2.75, 3.05) is 0 Å². The molecule has 1 aliphatic rings. The Morgan fingerprint density at radius 2 is 1.53 bits per heavy atom. The summed E-state index contributed by atoms with van der Waals surface area (Å²) in [5, 5.41) is 3.37. The molecule has 30 heavy (non-hydrogen) atoms. The first kappa shape index (κ1) is 20.4. The number of benzene rings is 3. The summed E-state index contributed by atoms with van der Waals surface area (Å²) in [4.78, 5) is 12.8. The molecule has 0 aliphatic heterocycles. The van der Waals surface area contributed by atoms with Gasteiger partial charge in [0.15, 0.2) is 0 Å². The first-order chi connectivity index (χ1) is 14.7. The largest absolute Gasteiger partial charge is 0.349 e. The van der Waals surface area contributed by atoms with Crippen LogP contribution in [0, 0.1) is 11.8 Å². The molecule has 154 valence electrons. The lowest BCUT2D eigenvalue weighted by molar-refractivity contribution is -0.121. The fraction of sp³-hybridized carbons (Fsp3) is 0.321. The van der Waals surface area contributed by atoms with Gasteiger partial charge in [0.25, 0.3) is 0 Å². The number of hydrogen-bond donors (Lipinski definition) is 1. The highest BCUT2D eigenvalue weighted by Crippen LogP contribution is 2.50. The topological polar surface area (TPSA) is 29.1 Å². The molecule has 3 aromatic rings. The van der Waals surface area contributed by atoms with Crippen molar-refractivity contribution in [1.29, 1.82) is 0 Å². The Hall–Kier alpha value is -2.87. The Kier molecular flexibility index (Phi) is 6.63. The van der Waals surface area contributed by atoms with Gasteiger partial charge in [-0.25, -0.2) is 0 Å². The van der Waals surface area contributed by atoms with Gasteiger partial charge in [0, 0.05) is 0 Å². The first-order valence-electron chi connectivity index (χ1n) is 11.2. The Balaban J connectivity index is 1.49. The third-order valence-corrected chi connectivity index (χ3v) is 6.23. The summed E-state index contributed by atoms with van der Waals surface area (Å²) >= 11 is 0. The molecule has 0 aromatic heterocycles. The minimum Gasteiger partial charge on any atom is -0.349 e. The van der Waals surface area contributed by atoms with Gasteiger partial charge in [0.1, 0.15) is 0 Å². The van der Waals surface area contributed by atoms with Gasteiger partial charge in [-0.1, -0.05) is 111 Å². The number of carbonyl (C=O) groups is 1. The van der Waals surface area contributed by atoms with Crippen molar-refractivity contribution in [2.45, 2.75) is 45.1 Å². The van der Waals surface area contributed by atoms with Crippen molar-refractivity contribution in [1.82, 2.24) is 5.32 Å². The molecule has 3 atom stereocenters. The van der Waals surface area contributed by atoms with Crippen LogP contribution in [0.25, 0.3) is 11.1 Å². The summed E-state index contributed by atoms with van der Waals surface area (Å²) in [5.41, 5.74) is 4.72. The predicted octanol–water partition coefficient (Wildman–Crippen LogP) is 6.58. The van der Waals surface area contributed by atoms with E-state index in [2.05, 4.69) is 60.8 Å². The summed E-state index contributed by atoms with van der Waals surface area (Å²) in [6.45, 7) is 2.25. The standard InChI is InChI=1S/C28H31NO/c1-2-3-12-25-20-26(25)28(29-27(30)19-21-10-6-4-7-11-21)24-17-15-23(16-18-24)22-13-8-5-9-14-22/h4-11,13-18,25-26,28H,2-3,12,19-20H2,1H3,(H,29,30)/t25-,26+,28?/m1/s1. The summed E-state index contributed by atoms with van der Waals surface area (Å²) in [6, 6.07) is 29.3. The lowest BCUT2D eigenvalue weighted by Gasteiger charge is -2.20. The van der Waals surface area contributed by atoms with Crippen molar-refractivity contribution in [3.8, 4) is 11.1 Å². The van der Waals surface area contributed by atoms with Crippen LogP contribution in [-0.4, -0.2) is 5.91 Å². The van der Waals surface area contributed by atoms with Crippen molar-refractivity contribution in [3.05, 3.63) is 96.1 Å². The van der Waals surface area contributed by atoms with Gasteiger partial charge in [-0.3, -0.25) is 4.79 Å². The normalized spacial score (nSPS) is 18.6. The summed E-state index contributed by atoms with van der Waals surface area (Å²) in [7, 11) is 0. The molecule has 4 rings (SSSR count). The zero-order chi connectivity index (χ0) is 20.8. The van der Waals surface area contributed by atoms with Crippen molar-refractivity contribution in [3.63, 3.8) is 0 Å². The average Bonchev–Trinajstić information content (AvgIpc) is 3.57. The number of hydrogen-bond acceptors (Lipinski definition) is 1. The molecular weight excluding hydrogens is 366 g/mol. The molecule has 0 heterocycles. The van der Waals surface area contributed by atoms with Crippen LogP contribution >= 0.6 is 0 Å². The van der Waals surface area contributed by atoms with Crippen LogP contribution in [-0.2, 0) is 11.2 Å². The van der Waals surface area contributed by atoms with Gasteiger partial charge >= 0.3 is 0 Å². The van der Waals surface area contributed by atoms with Gasteiger partial charge in [-0.15, -0.1) is 0 Å². The van der Waals surface area contributed by atoms with Crippen molar-refractivity contribution in [2.24, 2.45) is 11.8 Å². The fourth-order valence-electron chi connectivity index (χ4n) is 4.43. The first-order valence-corrected chi connectivity index (χ1v) is 11.2. The van der Waals surface area contributed by atoms with E-state index in [0.717, 1.165) is 11.5 Å². The van der Waals surface area contributed by atoms with E-state index < -0.39 is 0 Å². The lowest BCUT2D eigenvalue weighted by atomic mass is 9.96. The molecular formula is C28H31NO. The van der Waals surface area contributed by atoms with Crippen LogP contribution in [0.15, 0.2) is 84.9 Å². The maximum absolute atomic E-state index is 12.8. The Morgan fingerprint density at radius 1 is 0.900 bits per heavy atom. The van der Waals surface area contributed by atoms with Gasteiger partial charge in [-0.05, 0) is 40.5 Å². The smallest absolute Gasteiger partial charge is 0.224 e. The zero-order valence-electron chi connectivity index (χ0n) is 17.8. The molecule has 1 saturated carbocycles. The number of unbranched alkanes of at least 4 members (excludes halogenated alkanes) is 1. The fourth-order valence-corrected chi connectivity index (χ4v) is 4.43. The summed E-state index contributed by atoms with van der Waals surface area (Å²) in [5.74, 6) is 1.40. The van der Waals surface area contributed by atoms with E-state index in [1.807, 2.05) is 36.4 Å². The number of carbonyl (C=O) groups excluding carboxylic acids is 1. The van der Waals surface area contributed by atoms with Crippen LogP contribution in [0.4, 0.5) is 0 Å². The summed E-state index contributed by atoms with van der Waals surface area (Å²) in [6.07, 6.45) is 5.44. The van der Waals surface area contributed by atoms with Crippen molar-refractivity contribution < 1.29 is 4.79 Å². The molecule has 1 amide bonds. The zero-order valence-corrected chi connectivity index (χ0v) is 17.8. The van der Waals surface area contributed by atoms with E-state index in [1.165, 1.54) is 42.4 Å². The van der Waals surface area contributed by atoms with E-state index in [9.17, 15) is 4.79 Å². The maximum Gasteiger partial charge on any atom is 0.224 e. The highest BCUT2D eigenvalue weighted by atomic mass is 16.1. The third kappa shape index (κ3) is 5.18. The lowest BCUT2D eigenvalue weighted by Crippen LogP contribution is -2.31. The van der Waals surface area contributed by atoms with E-state index >= 15 is 0 Å². The molecule has 1 N–H and O–H groups in total. The molecule has 1 fully saturated rings. The van der Waals surface area contributed by atoms with Crippen LogP contribution < -0.4 is 5.32 Å². The second-order valence-electron chi connectivity index (χ2n) is 8.50. The maximum atomic E-state index is 12.8. The Labute approximate surface area is 180 Å². The molecule has 0 saturated heterocycles. The van der Waals surface area contributed by atoms with Crippen LogP contribution in [0.1, 0.15) is 49.8 Å². The highest BCUT2D eigenvalue weighted by Gasteiger charge is 2.43. The van der Waals surface area contributed by atoms with Gasteiger partial charge < -0.3 is 5.32 Å². The van der Waals surface area contributed by atoms with E-state index in [-0.39, 0.29) is 11.9 Å². The highest BCUT2D eigenvalue weighted by molar-refractivity contribution is 5.79. The van der Waals surface area contributed by atoms with Gasteiger partial charge in [0.2, 0.25) is 5.91 Å². The van der Waals surface area contributed by atoms with Gasteiger partial charge in [-0.2, -0.15) is 0 Å². The Bertz CT molecular complexity index is 933. The Morgan fingerprint density at radius 3 is 2.20 bits per heavy atom. The monoisotopic (exact) mass is 397 g/mol. The second kappa shape index (κ2) is 9.75. The molecule has 1 aliphatic carbocycles. The van der Waals surface area contributed by atoms with Crippen LogP contribution in [0.3, 0.4) is 0 Å². The number of nitrogens with one attached hydrogen (secondary N) is 1. The van der Waals surface area contributed by atoms with E-state index in [0.29, 0.717) is 12.3 Å². The molecule has 2 nitrogen and oxygen atoms in total. The number of rotatable bonds is 9. The van der Waals surface area contributed by atoms with E-state index in [1.54, 1.807) is 0 Å². The molecule has 0 radical (unpaired) electrons. The van der Waals surface area contributed by atoms with Crippen molar-refractivity contribution >= 4 is 5.91 Å². The van der Waals surface area contributed by atoms with Crippen LogP contribution in [0.2, 0.25) is 0 Å². The quantitative estimate of drug-likeness (QED) is 0.434.